The lowest BCUT2D eigenvalue weighted by Crippen LogP contribution is -2.09. The van der Waals surface area contributed by atoms with E-state index in [1.165, 1.54) is 0 Å². The van der Waals surface area contributed by atoms with Crippen LogP contribution in [-0.2, 0) is 6.42 Å². The second-order valence-corrected chi connectivity index (χ2v) is 4.30. The number of rotatable bonds is 4. The molecule has 0 aliphatic heterocycles. The SMILES string of the molecule is CNCCCc1ncc2cccc(Br)n12. The third-order valence-corrected chi connectivity index (χ3v) is 3.02. The van der Waals surface area contributed by atoms with Crippen LogP contribution in [0.25, 0.3) is 5.52 Å². The fourth-order valence-corrected chi connectivity index (χ4v) is 2.23. The Morgan fingerprint density at radius 3 is 3.13 bits per heavy atom. The highest BCUT2D eigenvalue weighted by Crippen LogP contribution is 2.16. The number of imidazole rings is 1. The van der Waals surface area contributed by atoms with E-state index >= 15 is 0 Å². The van der Waals surface area contributed by atoms with Gasteiger partial charge in [0.1, 0.15) is 5.82 Å². The number of nitrogens with one attached hydrogen (secondary N) is 1. The first-order valence-corrected chi connectivity index (χ1v) is 5.87. The maximum absolute atomic E-state index is 4.43. The summed E-state index contributed by atoms with van der Waals surface area (Å²) in [7, 11) is 1.97. The second kappa shape index (κ2) is 4.77. The summed E-state index contributed by atoms with van der Waals surface area (Å²) in [6.07, 6.45) is 4.02. The predicted octanol–water partition coefficient (Wildman–Crippen LogP) is 2.25. The van der Waals surface area contributed by atoms with Gasteiger partial charge in [0.05, 0.1) is 16.3 Å². The van der Waals surface area contributed by atoms with E-state index in [4.69, 9.17) is 0 Å². The molecule has 0 radical (unpaired) electrons. The molecule has 0 saturated carbocycles. The Hall–Kier alpha value is -0.870. The van der Waals surface area contributed by atoms with E-state index in [2.05, 4.69) is 36.7 Å². The van der Waals surface area contributed by atoms with Crippen molar-refractivity contribution in [2.45, 2.75) is 12.8 Å². The minimum absolute atomic E-state index is 0.998. The Morgan fingerprint density at radius 1 is 1.47 bits per heavy atom. The Balaban J connectivity index is 2.27. The number of halogens is 1. The maximum atomic E-state index is 4.43. The summed E-state index contributed by atoms with van der Waals surface area (Å²) >= 11 is 3.54. The molecule has 2 rings (SSSR count). The monoisotopic (exact) mass is 267 g/mol. The second-order valence-electron chi connectivity index (χ2n) is 3.49. The van der Waals surface area contributed by atoms with E-state index in [1.807, 2.05) is 25.4 Å². The van der Waals surface area contributed by atoms with E-state index in [0.717, 1.165) is 35.3 Å². The molecule has 80 valence electrons. The molecule has 15 heavy (non-hydrogen) atoms. The van der Waals surface area contributed by atoms with Gasteiger partial charge in [0.2, 0.25) is 0 Å². The van der Waals surface area contributed by atoms with Crippen molar-refractivity contribution in [3.8, 4) is 0 Å². The quantitative estimate of drug-likeness (QED) is 0.680. The minimum atomic E-state index is 0.998. The van der Waals surface area contributed by atoms with Gasteiger partial charge < -0.3 is 5.32 Å². The van der Waals surface area contributed by atoms with Gasteiger partial charge in [0, 0.05) is 6.42 Å². The molecular weight excluding hydrogens is 254 g/mol. The van der Waals surface area contributed by atoms with Crippen LogP contribution in [0.5, 0.6) is 0 Å². The van der Waals surface area contributed by atoms with Gasteiger partial charge in [-0.25, -0.2) is 4.98 Å². The van der Waals surface area contributed by atoms with Gasteiger partial charge in [-0.05, 0) is 48.1 Å². The molecule has 0 aliphatic rings. The fraction of sp³-hybridized carbons (Fsp3) is 0.364. The van der Waals surface area contributed by atoms with Crippen LogP contribution in [0.3, 0.4) is 0 Å². The van der Waals surface area contributed by atoms with E-state index in [0.29, 0.717) is 0 Å². The summed E-state index contributed by atoms with van der Waals surface area (Å²) in [6, 6.07) is 6.13. The van der Waals surface area contributed by atoms with Crippen LogP contribution in [0.2, 0.25) is 0 Å². The first-order valence-electron chi connectivity index (χ1n) is 5.08. The van der Waals surface area contributed by atoms with Crippen molar-refractivity contribution in [3.63, 3.8) is 0 Å². The average molecular weight is 268 g/mol. The number of hydrogen-bond donors (Lipinski definition) is 1. The van der Waals surface area contributed by atoms with Gasteiger partial charge >= 0.3 is 0 Å². The molecule has 0 atom stereocenters. The smallest absolute Gasteiger partial charge is 0.114 e. The highest BCUT2D eigenvalue weighted by molar-refractivity contribution is 9.10. The zero-order valence-electron chi connectivity index (χ0n) is 8.70. The van der Waals surface area contributed by atoms with Gasteiger partial charge in [0.25, 0.3) is 0 Å². The molecule has 2 aromatic rings. The highest BCUT2D eigenvalue weighted by atomic mass is 79.9. The van der Waals surface area contributed by atoms with Crippen LogP contribution in [0, 0.1) is 0 Å². The van der Waals surface area contributed by atoms with Gasteiger partial charge in [-0.15, -0.1) is 0 Å². The van der Waals surface area contributed by atoms with Gasteiger partial charge in [-0.1, -0.05) is 6.07 Å². The van der Waals surface area contributed by atoms with Crippen LogP contribution < -0.4 is 5.32 Å². The van der Waals surface area contributed by atoms with Crippen molar-refractivity contribution in [3.05, 3.63) is 34.8 Å². The first-order chi connectivity index (χ1) is 7.33. The summed E-state index contributed by atoms with van der Waals surface area (Å²) in [5, 5.41) is 3.14. The molecule has 0 saturated heterocycles. The molecule has 0 aliphatic carbocycles. The average Bonchev–Trinajstić information content (AvgIpc) is 2.63. The lowest BCUT2D eigenvalue weighted by atomic mass is 10.3. The molecule has 3 nitrogen and oxygen atoms in total. The molecular formula is C11H14BrN3. The summed E-state index contributed by atoms with van der Waals surface area (Å²) < 4.78 is 3.22. The molecule has 2 heterocycles. The van der Waals surface area contributed by atoms with Crippen molar-refractivity contribution in [2.75, 3.05) is 13.6 Å². The van der Waals surface area contributed by atoms with Crippen LogP contribution in [-0.4, -0.2) is 23.0 Å². The fourth-order valence-electron chi connectivity index (χ4n) is 1.67. The van der Waals surface area contributed by atoms with Crippen LogP contribution >= 0.6 is 15.9 Å². The van der Waals surface area contributed by atoms with Crippen LogP contribution in [0.1, 0.15) is 12.2 Å². The molecule has 1 N–H and O–H groups in total. The van der Waals surface area contributed by atoms with Crippen LogP contribution in [0.15, 0.2) is 29.0 Å². The minimum Gasteiger partial charge on any atom is -0.320 e. The number of pyridine rings is 1. The molecule has 0 amide bonds. The van der Waals surface area contributed by atoms with E-state index in [9.17, 15) is 0 Å². The Kier molecular flexibility index (Phi) is 3.38. The van der Waals surface area contributed by atoms with Gasteiger partial charge in [-0.2, -0.15) is 0 Å². The molecule has 2 aromatic heterocycles. The molecule has 0 spiro atoms. The normalized spacial score (nSPS) is 11.1. The molecule has 0 fully saturated rings. The number of aromatic nitrogens is 2. The third kappa shape index (κ3) is 2.21. The highest BCUT2D eigenvalue weighted by Gasteiger charge is 2.05. The van der Waals surface area contributed by atoms with Crippen molar-refractivity contribution >= 4 is 21.4 Å². The Bertz CT molecular complexity index is 450. The van der Waals surface area contributed by atoms with E-state index in [-0.39, 0.29) is 0 Å². The summed E-state index contributed by atoms with van der Waals surface area (Å²) in [4.78, 5) is 4.43. The topological polar surface area (TPSA) is 29.3 Å². The lowest BCUT2D eigenvalue weighted by Gasteiger charge is -2.03. The van der Waals surface area contributed by atoms with Crippen LogP contribution in [0.4, 0.5) is 0 Å². The molecule has 0 bridgehead atoms. The Morgan fingerprint density at radius 2 is 2.33 bits per heavy atom. The predicted molar refractivity (Wildman–Crippen MR) is 65.1 cm³/mol. The van der Waals surface area contributed by atoms with Crippen molar-refractivity contribution in [2.24, 2.45) is 0 Å². The zero-order valence-corrected chi connectivity index (χ0v) is 10.3. The third-order valence-electron chi connectivity index (χ3n) is 2.40. The number of aryl methyl sites for hydroxylation is 1. The largest absolute Gasteiger partial charge is 0.320 e. The summed E-state index contributed by atoms with van der Waals surface area (Å²) in [5.74, 6) is 1.12. The van der Waals surface area contributed by atoms with Crippen molar-refractivity contribution in [1.82, 2.24) is 14.7 Å². The van der Waals surface area contributed by atoms with E-state index < -0.39 is 0 Å². The molecule has 4 heteroatoms. The number of hydrogen-bond acceptors (Lipinski definition) is 2. The number of fused-ring (bicyclic) bond motifs is 1. The maximum Gasteiger partial charge on any atom is 0.114 e. The zero-order chi connectivity index (χ0) is 10.7. The van der Waals surface area contributed by atoms with Crippen molar-refractivity contribution in [1.29, 1.82) is 0 Å². The molecule has 0 unspecified atom stereocenters. The standard InChI is InChI=1S/C11H14BrN3/c1-13-7-3-6-11-14-8-9-4-2-5-10(12)15(9)11/h2,4-5,8,13H,3,6-7H2,1H3. The number of nitrogens with zero attached hydrogens (tertiary/aromatic N) is 2. The molecule has 0 aromatic carbocycles. The Labute approximate surface area is 97.6 Å². The van der Waals surface area contributed by atoms with E-state index in [1.54, 1.807) is 0 Å². The van der Waals surface area contributed by atoms with Gasteiger partial charge in [0.15, 0.2) is 0 Å². The van der Waals surface area contributed by atoms with Crippen molar-refractivity contribution < 1.29 is 0 Å². The lowest BCUT2D eigenvalue weighted by molar-refractivity contribution is 0.699. The summed E-state index contributed by atoms with van der Waals surface area (Å²) in [6.45, 7) is 1.03. The summed E-state index contributed by atoms with van der Waals surface area (Å²) in [5.41, 5.74) is 1.14. The van der Waals surface area contributed by atoms with Gasteiger partial charge in [-0.3, -0.25) is 4.40 Å². The first kappa shape index (κ1) is 10.6.